The largest absolute Gasteiger partial charge is 0.494 e. The van der Waals surface area contributed by atoms with E-state index in [-0.39, 0.29) is 0 Å². The van der Waals surface area contributed by atoms with Crippen molar-refractivity contribution in [1.29, 1.82) is 0 Å². The van der Waals surface area contributed by atoms with Crippen LogP contribution in [0, 0.1) is 6.92 Å². The predicted molar refractivity (Wildman–Crippen MR) is 153 cm³/mol. The van der Waals surface area contributed by atoms with Crippen molar-refractivity contribution in [3.05, 3.63) is 79.0 Å². The predicted octanol–water partition coefficient (Wildman–Crippen LogP) is 5.14. The van der Waals surface area contributed by atoms with Crippen LogP contribution < -0.4 is 14.8 Å². The van der Waals surface area contributed by atoms with Gasteiger partial charge in [-0.25, -0.2) is 15.0 Å². The fourth-order valence-electron chi connectivity index (χ4n) is 4.84. The molecule has 9 heteroatoms. The number of rotatable bonds is 9. The van der Waals surface area contributed by atoms with Crippen molar-refractivity contribution in [3.63, 3.8) is 0 Å². The summed E-state index contributed by atoms with van der Waals surface area (Å²) < 4.78 is 14.2. The summed E-state index contributed by atoms with van der Waals surface area (Å²) in [4.78, 5) is 18.2. The first-order valence-electron chi connectivity index (χ1n) is 13.4. The number of imidazole rings is 1. The van der Waals surface area contributed by atoms with Gasteiger partial charge in [0.25, 0.3) is 0 Å². The van der Waals surface area contributed by atoms with Crippen molar-refractivity contribution in [2.75, 3.05) is 51.7 Å². The van der Waals surface area contributed by atoms with Gasteiger partial charge in [0.15, 0.2) is 0 Å². The van der Waals surface area contributed by atoms with Gasteiger partial charge in [-0.1, -0.05) is 0 Å². The van der Waals surface area contributed by atoms with Crippen molar-refractivity contribution >= 4 is 28.1 Å². The fourth-order valence-corrected chi connectivity index (χ4v) is 4.84. The summed E-state index contributed by atoms with van der Waals surface area (Å²) in [5.41, 5.74) is 3.63. The minimum Gasteiger partial charge on any atom is -0.494 e. The number of pyridine rings is 1. The molecule has 2 aromatic carbocycles. The van der Waals surface area contributed by atoms with Crippen LogP contribution in [0.2, 0.25) is 0 Å². The molecule has 1 saturated heterocycles. The zero-order valence-electron chi connectivity index (χ0n) is 22.4. The van der Waals surface area contributed by atoms with E-state index in [1.807, 2.05) is 66.2 Å². The average Bonchev–Trinajstić information content (AvgIpc) is 3.42. The Bertz CT molecular complexity index is 1580. The molecular weight excluding hydrogens is 490 g/mol. The number of hydrogen-bond acceptors (Lipinski definition) is 8. The van der Waals surface area contributed by atoms with Crippen LogP contribution >= 0.6 is 0 Å². The molecule has 0 amide bonds. The van der Waals surface area contributed by atoms with E-state index in [9.17, 15) is 0 Å². The second-order valence-corrected chi connectivity index (χ2v) is 10.0. The molecule has 0 unspecified atom stereocenters. The van der Waals surface area contributed by atoms with Gasteiger partial charge in [0.2, 0.25) is 0 Å². The highest BCUT2D eigenvalue weighted by atomic mass is 16.5. The number of likely N-dealkylation sites (N-methyl/N-ethyl adjacent to an activating group) is 1. The molecule has 6 rings (SSSR count). The van der Waals surface area contributed by atoms with E-state index < -0.39 is 0 Å². The molecule has 9 nitrogen and oxygen atoms in total. The zero-order chi connectivity index (χ0) is 26.6. The number of piperazine rings is 1. The lowest BCUT2D eigenvalue weighted by atomic mass is 10.2. The van der Waals surface area contributed by atoms with E-state index in [1.165, 1.54) is 0 Å². The summed E-state index contributed by atoms with van der Waals surface area (Å²) in [6.45, 7) is 8.31. The van der Waals surface area contributed by atoms with Gasteiger partial charge in [0.1, 0.15) is 35.0 Å². The van der Waals surface area contributed by atoms with Crippen molar-refractivity contribution < 1.29 is 9.47 Å². The maximum atomic E-state index is 6.14. The molecule has 4 heterocycles. The topological polar surface area (TPSA) is 80.1 Å². The van der Waals surface area contributed by atoms with E-state index in [1.54, 1.807) is 12.5 Å². The highest BCUT2D eigenvalue weighted by Crippen LogP contribution is 2.31. The molecule has 1 aliphatic rings. The quantitative estimate of drug-likeness (QED) is 0.266. The first-order chi connectivity index (χ1) is 19.1. The van der Waals surface area contributed by atoms with Gasteiger partial charge in [-0.3, -0.25) is 0 Å². The summed E-state index contributed by atoms with van der Waals surface area (Å²) in [5, 5.41) is 4.37. The number of aromatic nitrogens is 4. The van der Waals surface area contributed by atoms with E-state index in [0.717, 1.165) is 90.0 Å². The smallest absolute Gasteiger partial charge is 0.141 e. The van der Waals surface area contributed by atoms with Gasteiger partial charge in [-0.2, -0.15) is 0 Å². The average molecular weight is 524 g/mol. The Morgan fingerprint density at radius 3 is 2.67 bits per heavy atom. The highest BCUT2D eigenvalue weighted by Gasteiger charge is 2.13. The zero-order valence-corrected chi connectivity index (χ0v) is 22.4. The lowest BCUT2D eigenvalue weighted by Crippen LogP contribution is -2.44. The third-order valence-electron chi connectivity index (χ3n) is 7.12. The maximum absolute atomic E-state index is 6.14. The number of nitrogens with one attached hydrogen (secondary N) is 1. The fraction of sp³-hybridized carbons (Fsp3) is 0.300. The molecule has 5 aromatic rings. The van der Waals surface area contributed by atoms with Crippen LogP contribution in [0.25, 0.3) is 16.6 Å². The van der Waals surface area contributed by atoms with Crippen LogP contribution in [0.3, 0.4) is 0 Å². The third kappa shape index (κ3) is 5.94. The highest BCUT2D eigenvalue weighted by molar-refractivity contribution is 5.91. The van der Waals surface area contributed by atoms with Gasteiger partial charge in [0, 0.05) is 68.5 Å². The van der Waals surface area contributed by atoms with Crippen LogP contribution in [0.1, 0.15) is 12.0 Å². The summed E-state index contributed by atoms with van der Waals surface area (Å²) in [6.07, 6.45) is 8.20. The molecule has 3 aromatic heterocycles. The molecule has 0 radical (unpaired) electrons. The monoisotopic (exact) mass is 523 g/mol. The SMILES string of the molecule is Cc1cc(Nc2ncnc3ccc(OCCCN4CCN(C)CC4)cc23)ccc1Oc1ccn2ccnc2c1. The summed E-state index contributed by atoms with van der Waals surface area (Å²) >= 11 is 0. The standard InChI is InChI=1S/C30H33N7O2/c1-22-18-23(4-7-28(22)39-25-8-11-37-12-9-31-29(37)20-25)34-30-26-19-24(5-6-27(26)32-21-33-30)38-17-3-10-36-15-13-35(2)14-16-36/h4-9,11-12,18-21H,3,10,13-17H2,1-2H3,(H,32,33,34). The first kappa shape index (κ1) is 25.1. The van der Waals surface area contributed by atoms with Crippen molar-refractivity contribution in [1.82, 2.24) is 29.2 Å². The maximum Gasteiger partial charge on any atom is 0.141 e. The summed E-state index contributed by atoms with van der Waals surface area (Å²) in [7, 11) is 2.18. The van der Waals surface area contributed by atoms with E-state index in [0.29, 0.717) is 6.61 Å². The lowest BCUT2D eigenvalue weighted by molar-refractivity contribution is 0.145. The number of hydrogen-bond donors (Lipinski definition) is 1. The minimum atomic E-state index is 0.683. The Labute approximate surface area is 228 Å². The number of aryl methyl sites for hydroxylation is 1. The normalized spacial score (nSPS) is 14.6. The van der Waals surface area contributed by atoms with Crippen LogP contribution in [-0.4, -0.2) is 75.5 Å². The molecule has 1 fully saturated rings. The van der Waals surface area contributed by atoms with Crippen molar-refractivity contribution in [2.24, 2.45) is 0 Å². The Balaban J connectivity index is 1.11. The Kier molecular flexibility index (Phi) is 7.25. The van der Waals surface area contributed by atoms with Crippen molar-refractivity contribution in [3.8, 4) is 17.2 Å². The van der Waals surface area contributed by atoms with Crippen molar-refractivity contribution in [2.45, 2.75) is 13.3 Å². The number of benzene rings is 2. The number of ether oxygens (including phenoxy) is 2. The van der Waals surface area contributed by atoms with Gasteiger partial charge in [0.05, 0.1) is 12.1 Å². The first-order valence-corrected chi connectivity index (χ1v) is 13.4. The number of nitrogens with zero attached hydrogens (tertiary/aromatic N) is 6. The third-order valence-corrected chi connectivity index (χ3v) is 7.12. The molecule has 39 heavy (non-hydrogen) atoms. The number of fused-ring (bicyclic) bond motifs is 2. The molecule has 0 saturated carbocycles. The van der Waals surface area contributed by atoms with Crippen LogP contribution in [-0.2, 0) is 0 Å². The van der Waals surface area contributed by atoms with E-state index in [2.05, 4.69) is 43.2 Å². The molecular formula is C30H33N7O2. The molecule has 0 bridgehead atoms. The minimum absolute atomic E-state index is 0.683. The summed E-state index contributed by atoms with van der Waals surface area (Å²) in [6, 6.07) is 15.8. The Hall–Kier alpha value is -4.21. The Morgan fingerprint density at radius 1 is 0.897 bits per heavy atom. The molecule has 0 aliphatic carbocycles. The number of anilines is 2. The van der Waals surface area contributed by atoms with Gasteiger partial charge in [-0.15, -0.1) is 0 Å². The van der Waals surface area contributed by atoms with Crippen LogP contribution in [0.15, 0.2) is 73.4 Å². The van der Waals surface area contributed by atoms with Gasteiger partial charge in [-0.05, 0) is 68.4 Å². The van der Waals surface area contributed by atoms with Crippen LogP contribution in [0.5, 0.6) is 17.2 Å². The second kappa shape index (κ2) is 11.3. The van der Waals surface area contributed by atoms with Gasteiger partial charge >= 0.3 is 0 Å². The molecule has 0 atom stereocenters. The van der Waals surface area contributed by atoms with E-state index >= 15 is 0 Å². The second-order valence-electron chi connectivity index (χ2n) is 10.0. The van der Waals surface area contributed by atoms with Crippen LogP contribution in [0.4, 0.5) is 11.5 Å². The summed E-state index contributed by atoms with van der Waals surface area (Å²) in [5.74, 6) is 3.10. The molecule has 1 aliphatic heterocycles. The van der Waals surface area contributed by atoms with Gasteiger partial charge < -0.3 is 29.0 Å². The molecule has 1 N–H and O–H groups in total. The lowest BCUT2D eigenvalue weighted by Gasteiger charge is -2.32. The van der Waals surface area contributed by atoms with E-state index in [4.69, 9.17) is 9.47 Å². The molecule has 0 spiro atoms. The molecule has 200 valence electrons. The Morgan fingerprint density at radius 2 is 1.79 bits per heavy atom.